The third-order valence-corrected chi connectivity index (χ3v) is 5.28. The number of hydrogen-bond donors (Lipinski definition) is 1. The van der Waals surface area contributed by atoms with E-state index in [9.17, 15) is 9.18 Å². The second-order valence-electron chi connectivity index (χ2n) is 7.15. The summed E-state index contributed by atoms with van der Waals surface area (Å²) in [4.78, 5) is 17.0. The third-order valence-electron chi connectivity index (χ3n) is 5.28. The Kier molecular flexibility index (Phi) is 5.91. The van der Waals surface area contributed by atoms with Gasteiger partial charge in [-0.15, -0.1) is 0 Å². The molecule has 25 heavy (non-hydrogen) atoms. The molecular formula is C19H28FN3O2. The zero-order chi connectivity index (χ0) is 17.8. The molecule has 1 aromatic rings. The van der Waals surface area contributed by atoms with Gasteiger partial charge in [0.25, 0.3) is 0 Å². The second-order valence-corrected chi connectivity index (χ2v) is 7.15. The number of piperidine rings is 1. The lowest BCUT2D eigenvalue weighted by atomic mass is 9.92. The van der Waals surface area contributed by atoms with E-state index in [1.54, 1.807) is 6.07 Å². The Morgan fingerprint density at radius 2 is 2.08 bits per heavy atom. The zero-order valence-electron chi connectivity index (χ0n) is 15.1. The number of rotatable bonds is 4. The quantitative estimate of drug-likeness (QED) is 0.901. The first-order valence-electron chi connectivity index (χ1n) is 9.13. The summed E-state index contributed by atoms with van der Waals surface area (Å²) >= 11 is 0. The van der Waals surface area contributed by atoms with Gasteiger partial charge >= 0.3 is 0 Å². The van der Waals surface area contributed by atoms with E-state index in [0.29, 0.717) is 18.5 Å². The molecule has 138 valence electrons. The van der Waals surface area contributed by atoms with Gasteiger partial charge in [0.1, 0.15) is 0 Å². The first-order valence-corrected chi connectivity index (χ1v) is 9.13. The molecule has 1 N–H and O–H groups in total. The van der Waals surface area contributed by atoms with Crippen molar-refractivity contribution in [2.75, 3.05) is 39.8 Å². The normalized spacial score (nSPS) is 25.0. The number of nitrogens with zero attached hydrogens (tertiary/aromatic N) is 2. The van der Waals surface area contributed by atoms with Crippen molar-refractivity contribution in [1.29, 1.82) is 0 Å². The number of nitrogens with one attached hydrogen (secondary N) is 1. The van der Waals surface area contributed by atoms with Gasteiger partial charge in [0.05, 0.1) is 7.11 Å². The number of amides is 1. The Morgan fingerprint density at radius 3 is 2.72 bits per heavy atom. The smallest absolute Gasteiger partial charge is 0.225 e. The highest BCUT2D eigenvalue weighted by Gasteiger charge is 2.30. The lowest BCUT2D eigenvalue weighted by Crippen LogP contribution is -2.51. The van der Waals surface area contributed by atoms with Crippen molar-refractivity contribution in [3.05, 3.63) is 29.6 Å². The van der Waals surface area contributed by atoms with Crippen LogP contribution in [0.2, 0.25) is 0 Å². The van der Waals surface area contributed by atoms with Gasteiger partial charge < -0.3 is 15.0 Å². The van der Waals surface area contributed by atoms with Crippen LogP contribution in [0.15, 0.2) is 18.2 Å². The van der Waals surface area contributed by atoms with Crippen LogP contribution in [0.1, 0.15) is 25.3 Å². The highest BCUT2D eigenvalue weighted by Crippen LogP contribution is 2.21. The maximum Gasteiger partial charge on any atom is 0.225 e. The summed E-state index contributed by atoms with van der Waals surface area (Å²) in [6.07, 6.45) is 1.87. The molecule has 1 amide bonds. The molecule has 2 atom stereocenters. The number of halogens is 1. The van der Waals surface area contributed by atoms with Crippen LogP contribution in [0.5, 0.6) is 5.75 Å². The van der Waals surface area contributed by atoms with Gasteiger partial charge in [-0.2, -0.15) is 0 Å². The summed E-state index contributed by atoms with van der Waals surface area (Å²) < 4.78 is 18.8. The highest BCUT2D eigenvalue weighted by molar-refractivity contribution is 5.79. The number of ether oxygens (including phenoxy) is 1. The van der Waals surface area contributed by atoms with E-state index in [2.05, 4.69) is 17.1 Å². The van der Waals surface area contributed by atoms with Crippen LogP contribution in [0.25, 0.3) is 0 Å². The molecule has 0 bridgehead atoms. The summed E-state index contributed by atoms with van der Waals surface area (Å²) in [5.74, 6) is 0.422. The summed E-state index contributed by atoms with van der Waals surface area (Å²) in [6, 6.07) is 5.53. The fourth-order valence-corrected chi connectivity index (χ4v) is 3.81. The van der Waals surface area contributed by atoms with Gasteiger partial charge in [-0.1, -0.05) is 6.07 Å². The van der Waals surface area contributed by atoms with E-state index in [-0.39, 0.29) is 17.5 Å². The number of piperazine rings is 1. The summed E-state index contributed by atoms with van der Waals surface area (Å²) in [5.41, 5.74) is 0.935. The van der Waals surface area contributed by atoms with Crippen molar-refractivity contribution >= 4 is 5.91 Å². The van der Waals surface area contributed by atoms with Crippen LogP contribution in [-0.2, 0) is 11.3 Å². The molecule has 2 fully saturated rings. The van der Waals surface area contributed by atoms with E-state index in [4.69, 9.17) is 4.74 Å². The molecule has 5 nitrogen and oxygen atoms in total. The molecule has 0 unspecified atom stereocenters. The topological polar surface area (TPSA) is 44.8 Å². The second kappa shape index (κ2) is 8.15. The Bertz CT molecular complexity index is 602. The average Bonchev–Trinajstić information content (AvgIpc) is 2.62. The molecule has 2 aliphatic heterocycles. The molecular weight excluding hydrogens is 321 g/mol. The Labute approximate surface area is 149 Å². The van der Waals surface area contributed by atoms with Crippen molar-refractivity contribution in [2.45, 2.75) is 32.4 Å². The number of benzene rings is 1. The minimum Gasteiger partial charge on any atom is -0.494 e. The van der Waals surface area contributed by atoms with Crippen LogP contribution in [0.3, 0.4) is 0 Å². The molecule has 1 aromatic carbocycles. The fraction of sp³-hybridized carbons (Fsp3) is 0.632. The Hall–Kier alpha value is -1.66. The lowest BCUT2D eigenvalue weighted by Gasteiger charge is -2.38. The van der Waals surface area contributed by atoms with E-state index in [1.807, 2.05) is 11.0 Å². The van der Waals surface area contributed by atoms with Crippen molar-refractivity contribution < 1.29 is 13.9 Å². The van der Waals surface area contributed by atoms with Crippen molar-refractivity contribution in [3.8, 4) is 5.75 Å². The van der Waals surface area contributed by atoms with Gasteiger partial charge in [-0.05, 0) is 44.0 Å². The predicted octanol–water partition coefficient (Wildman–Crippen LogP) is 1.87. The molecule has 0 spiro atoms. The van der Waals surface area contributed by atoms with E-state index in [1.165, 1.54) is 13.2 Å². The third kappa shape index (κ3) is 4.50. The minimum absolute atomic E-state index is 0.165. The number of methoxy groups -OCH3 is 1. The van der Waals surface area contributed by atoms with Gasteiger partial charge in [0.2, 0.25) is 5.91 Å². The first kappa shape index (κ1) is 18.1. The molecule has 6 heteroatoms. The fourth-order valence-electron chi connectivity index (χ4n) is 3.81. The van der Waals surface area contributed by atoms with Crippen LogP contribution >= 0.6 is 0 Å². The van der Waals surface area contributed by atoms with Gasteiger partial charge in [0, 0.05) is 44.7 Å². The van der Waals surface area contributed by atoms with Crippen LogP contribution in [-0.4, -0.2) is 61.6 Å². The number of hydrogen-bond acceptors (Lipinski definition) is 4. The van der Waals surface area contributed by atoms with Crippen molar-refractivity contribution in [1.82, 2.24) is 15.1 Å². The largest absolute Gasteiger partial charge is 0.494 e. The lowest BCUT2D eigenvalue weighted by molar-refractivity contribution is -0.138. The molecule has 0 aromatic heterocycles. The molecule has 2 saturated heterocycles. The molecule has 0 aliphatic carbocycles. The van der Waals surface area contributed by atoms with Gasteiger partial charge in [0.15, 0.2) is 11.6 Å². The molecule has 2 heterocycles. The monoisotopic (exact) mass is 349 g/mol. The number of carbonyl (C=O) groups is 1. The summed E-state index contributed by atoms with van der Waals surface area (Å²) in [6.45, 7) is 6.96. The van der Waals surface area contributed by atoms with Crippen molar-refractivity contribution in [3.63, 3.8) is 0 Å². The summed E-state index contributed by atoms with van der Waals surface area (Å²) in [5, 5.41) is 3.40. The maximum atomic E-state index is 13.8. The van der Waals surface area contributed by atoms with E-state index in [0.717, 1.165) is 51.1 Å². The van der Waals surface area contributed by atoms with E-state index >= 15 is 0 Å². The van der Waals surface area contributed by atoms with Crippen LogP contribution < -0.4 is 10.1 Å². The molecule has 2 aliphatic rings. The Balaban J connectivity index is 1.50. The van der Waals surface area contributed by atoms with Crippen LogP contribution in [0.4, 0.5) is 4.39 Å². The SMILES string of the molecule is COc1ccc(CN2CCN(C(=O)[C@H]3CCN[C@@H](C)C3)CC2)cc1F. The first-order chi connectivity index (χ1) is 12.1. The van der Waals surface area contributed by atoms with Crippen molar-refractivity contribution in [2.24, 2.45) is 5.92 Å². The van der Waals surface area contributed by atoms with Gasteiger partial charge in [-0.3, -0.25) is 9.69 Å². The molecule has 0 saturated carbocycles. The average molecular weight is 349 g/mol. The molecule has 3 rings (SSSR count). The summed E-state index contributed by atoms with van der Waals surface area (Å²) in [7, 11) is 1.47. The maximum absolute atomic E-state index is 13.8. The minimum atomic E-state index is -0.325. The number of carbonyl (C=O) groups excluding carboxylic acids is 1. The standard InChI is InChI=1S/C19H28FN3O2/c1-14-11-16(5-6-21-14)19(24)23-9-7-22(8-10-23)13-15-3-4-18(25-2)17(20)12-15/h3-4,12,14,16,21H,5-11,13H2,1-2H3/t14-,16-/m0/s1. The van der Waals surface area contributed by atoms with Gasteiger partial charge in [-0.25, -0.2) is 4.39 Å². The Morgan fingerprint density at radius 1 is 1.32 bits per heavy atom. The predicted molar refractivity (Wildman–Crippen MR) is 95.0 cm³/mol. The zero-order valence-corrected chi connectivity index (χ0v) is 15.1. The van der Waals surface area contributed by atoms with Crippen LogP contribution in [0, 0.1) is 11.7 Å². The van der Waals surface area contributed by atoms with E-state index < -0.39 is 0 Å². The highest BCUT2D eigenvalue weighted by atomic mass is 19.1. The molecule has 0 radical (unpaired) electrons.